The highest BCUT2D eigenvalue weighted by molar-refractivity contribution is 5.94. The zero-order valence-corrected chi connectivity index (χ0v) is 17.0. The van der Waals surface area contributed by atoms with Crippen LogP contribution < -0.4 is 20.2 Å². The van der Waals surface area contributed by atoms with Crippen molar-refractivity contribution in [2.45, 2.75) is 33.1 Å². The van der Waals surface area contributed by atoms with Gasteiger partial charge < -0.3 is 14.8 Å². The van der Waals surface area contributed by atoms with Crippen molar-refractivity contribution in [1.82, 2.24) is 5.43 Å². The van der Waals surface area contributed by atoms with E-state index in [4.69, 9.17) is 9.47 Å². The number of aryl methyl sites for hydroxylation is 1. The Kier molecular flexibility index (Phi) is 8.69. The second kappa shape index (κ2) is 11.5. The van der Waals surface area contributed by atoms with E-state index in [1.165, 1.54) is 6.21 Å². The average molecular weight is 397 g/mol. The Morgan fingerprint density at radius 3 is 2.55 bits per heavy atom. The van der Waals surface area contributed by atoms with Crippen LogP contribution in [-0.2, 0) is 9.59 Å². The molecule has 0 fully saturated rings. The number of benzene rings is 2. The molecule has 7 nitrogen and oxygen atoms in total. The van der Waals surface area contributed by atoms with Crippen LogP contribution in [-0.4, -0.2) is 31.7 Å². The number of nitrogens with one attached hydrogen (secondary N) is 2. The van der Waals surface area contributed by atoms with Crippen molar-refractivity contribution in [3.63, 3.8) is 0 Å². The van der Waals surface area contributed by atoms with Gasteiger partial charge in [0.05, 0.1) is 19.9 Å². The lowest BCUT2D eigenvalue weighted by Gasteiger charge is -2.10. The van der Waals surface area contributed by atoms with E-state index in [-0.39, 0.29) is 24.7 Å². The Hall–Kier alpha value is -3.35. The minimum Gasteiger partial charge on any atom is -0.493 e. The van der Waals surface area contributed by atoms with Crippen LogP contribution >= 0.6 is 0 Å². The van der Waals surface area contributed by atoms with Gasteiger partial charge in [-0.1, -0.05) is 25.1 Å². The summed E-state index contributed by atoms with van der Waals surface area (Å²) in [5.41, 5.74) is 4.90. The standard InChI is InChI=1S/C22H27N3O4/c1-4-13-29-19-10-9-17(14-20(19)28-3)15-23-25-22(27)12-11-21(26)24-18-8-6-5-7-16(18)2/h5-10,14-15H,4,11-13H2,1-3H3,(H,24,26)(H,25,27)/b23-15+. The lowest BCUT2D eigenvalue weighted by atomic mass is 10.2. The number of amides is 2. The molecule has 0 atom stereocenters. The van der Waals surface area contributed by atoms with Gasteiger partial charge in [-0.15, -0.1) is 0 Å². The molecule has 0 heterocycles. The van der Waals surface area contributed by atoms with Crippen LogP contribution in [0.4, 0.5) is 5.69 Å². The third-order valence-electron chi connectivity index (χ3n) is 4.05. The first-order valence-electron chi connectivity index (χ1n) is 9.51. The van der Waals surface area contributed by atoms with E-state index in [0.29, 0.717) is 18.1 Å². The molecular weight excluding hydrogens is 370 g/mol. The van der Waals surface area contributed by atoms with Crippen molar-refractivity contribution in [2.75, 3.05) is 19.0 Å². The van der Waals surface area contributed by atoms with Gasteiger partial charge in [-0.05, 0) is 48.7 Å². The average Bonchev–Trinajstić information content (AvgIpc) is 2.72. The molecule has 2 rings (SSSR count). The summed E-state index contributed by atoms with van der Waals surface area (Å²) in [4.78, 5) is 23.9. The van der Waals surface area contributed by atoms with Crippen molar-refractivity contribution < 1.29 is 19.1 Å². The topological polar surface area (TPSA) is 89.0 Å². The van der Waals surface area contributed by atoms with Crippen LogP contribution in [0.1, 0.15) is 37.3 Å². The third-order valence-corrected chi connectivity index (χ3v) is 4.05. The lowest BCUT2D eigenvalue weighted by molar-refractivity contribution is -0.124. The molecule has 0 bridgehead atoms. The predicted octanol–water partition coefficient (Wildman–Crippen LogP) is 3.66. The summed E-state index contributed by atoms with van der Waals surface area (Å²) in [6, 6.07) is 12.9. The van der Waals surface area contributed by atoms with Crippen LogP contribution in [0, 0.1) is 6.92 Å². The van der Waals surface area contributed by atoms with Crippen LogP contribution in [0.5, 0.6) is 11.5 Å². The van der Waals surface area contributed by atoms with Crippen molar-refractivity contribution >= 4 is 23.7 Å². The SMILES string of the molecule is CCCOc1ccc(/C=N/NC(=O)CCC(=O)Nc2ccccc2C)cc1OC. The second-order valence-electron chi connectivity index (χ2n) is 6.42. The van der Waals surface area contributed by atoms with Crippen LogP contribution in [0.3, 0.4) is 0 Å². The monoisotopic (exact) mass is 397 g/mol. The quantitative estimate of drug-likeness (QED) is 0.473. The number of carbonyl (C=O) groups excluding carboxylic acids is 2. The molecule has 0 unspecified atom stereocenters. The molecule has 29 heavy (non-hydrogen) atoms. The minimum atomic E-state index is -0.337. The van der Waals surface area contributed by atoms with Crippen molar-refractivity contribution in [3.05, 3.63) is 53.6 Å². The molecule has 2 amide bonds. The molecular formula is C22H27N3O4. The third kappa shape index (κ3) is 7.29. The number of carbonyl (C=O) groups is 2. The second-order valence-corrected chi connectivity index (χ2v) is 6.42. The summed E-state index contributed by atoms with van der Waals surface area (Å²) in [5, 5.41) is 6.73. The highest BCUT2D eigenvalue weighted by Gasteiger charge is 2.08. The Morgan fingerprint density at radius 2 is 1.83 bits per heavy atom. The highest BCUT2D eigenvalue weighted by Crippen LogP contribution is 2.27. The van der Waals surface area contributed by atoms with Gasteiger partial charge in [0.25, 0.3) is 0 Å². The number of hydrazone groups is 1. The van der Waals surface area contributed by atoms with E-state index < -0.39 is 0 Å². The summed E-state index contributed by atoms with van der Waals surface area (Å²) >= 11 is 0. The number of hydrogen-bond donors (Lipinski definition) is 2. The van der Waals surface area contributed by atoms with Gasteiger partial charge in [0.2, 0.25) is 11.8 Å². The van der Waals surface area contributed by atoms with Crippen LogP contribution in [0.15, 0.2) is 47.6 Å². The summed E-state index contributed by atoms with van der Waals surface area (Å²) in [6.45, 7) is 4.55. The molecule has 2 N–H and O–H groups in total. The molecule has 154 valence electrons. The smallest absolute Gasteiger partial charge is 0.240 e. The summed E-state index contributed by atoms with van der Waals surface area (Å²) in [7, 11) is 1.57. The predicted molar refractivity (Wildman–Crippen MR) is 114 cm³/mol. The number of ether oxygens (including phenoxy) is 2. The van der Waals surface area contributed by atoms with E-state index in [1.54, 1.807) is 19.2 Å². The van der Waals surface area contributed by atoms with Crippen molar-refractivity contribution in [3.8, 4) is 11.5 Å². The number of para-hydroxylation sites is 1. The van der Waals surface area contributed by atoms with E-state index in [0.717, 1.165) is 23.2 Å². The normalized spacial score (nSPS) is 10.6. The molecule has 0 aromatic heterocycles. The van der Waals surface area contributed by atoms with Gasteiger partial charge in [-0.25, -0.2) is 5.43 Å². The van der Waals surface area contributed by atoms with E-state index in [1.807, 2.05) is 44.2 Å². The number of anilines is 1. The first-order valence-corrected chi connectivity index (χ1v) is 9.51. The Balaban J connectivity index is 1.80. The fourth-order valence-corrected chi connectivity index (χ4v) is 2.48. The molecule has 0 aliphatic heterocycles. The van der Waals surface area contributed by atoms with Gasteiger partial charge >= 0.3 is 0 Å². The fraction of sp³-hybridized carbons (Fsp3) is 0.318. The maximum atomic E-state index is 12.0. The zero-order valence-electron chi connectivity index (χ0n) is 17.0. The maximum Gasteiger partial charge on any atom is 0.240 e. The zero-order chi connectivity index (χ0) is 21.1. The summed E-state index contributed by atoms with van der Waals surface area (Å²) < 4.78 is 10.9. The lowest BCUT2D eigenvalue weighted by Crippen LogP contribution is -2.20. The van der Waals surface area contributed by atoms with Crippen molar-refractivity contribution in [2.24, 2.45) is 5.10 Å². The number of rotatable bonds is 10. The number of methoxy groups -OCH3 is 1. The van der Waals surface area contributed by atoms with Gasteiger partial charge in [0.15, 0.2) is 11.5 Å². The van der Waals surface area contributed by atoms with E-state index in [2.05, 4.69) is 15.8 Å². The Labute approximate surface area is 171 Å². The molecule has 0 saturated carbocycles. The first kappa shape index (κ1) is 21.9. The molecule has 0 saturated heterocycles. The largest absolute Gasteiger partial charge is 0.493 e. The molecule has 7 heteroatoms. The summed E-state index contributed by atoms with van der Waals surface area (Å²) in [6.07, 6.45) is 2.54. The molecule has 0 aliphatic rings. The number of hydrogen-bond acceptors (Lipinski definition) is 5. The maximum absolute atomic E-state index is 12.0. The van der Waals surface area contributed by atoms with Gasteiger partial charge in [-0.3, -0.25) is 9.59 Å². The van der Waals surface area contributed by atoms with Gasteiger partial charge in [-0.2, -0.15) is 5.10 Å². The van der Waals surface area contributed by atoms with Gasteiger partial charge in [0, 0.05) is 18.5 Å². The van der Waals surface area contributed by atoms with Crippen LogP contribution in [0.25, 0.3) is 0 Å². The minimum absolute atomic E-state index is 0.0438. The van der Waals surface area contributed by atoms with E-state index >= 15 is 0 Å². The molecule has 0 aliphatic carbocycles. The molecule has 2 aromatic rings. The Morgan fingerprint density at radius 1 is 1.07 bits per heavy atom. The van der Waals surface area contributed by atoms with Crippen LogP contribution in [0.2, 0.25) is 0 Å². The fourth-order valence-electron chi connectivity index (χ4n) is 2.48. The Bertz CT molecular complexity index is 865. The van der Waals surface area contributed by atoms with Crippen molar-refractivity contribution in [1.29, 1.82) is 0 Å². The van der Waals surface area contributed by atoms with Gasteiger partial charge in [0.1, 0.15) is 0 Å². The molecule has 2 aromatic carbocycles. The number of nitrogens with zero attached hydrogens (tertiary/aromatic N) is 1. The molecule has 0 spiro atoms. The highest BCUT2D eigenvalue weighted by atomic mass is 16.5. The first-order chi connectivity index (χ1) is 14.0. The molecule has 0 radical (unpaired) electrons. The summed E-state index contributed by atoms with van der Waals surface area (Å²) in [5.74, 6) is 0.707. The van der Waals surface area contributed by atoms with E-state index in [9.17, 15) is 9.59 Å².